The van der Waals surface area contributed by atoms with Crippen molar-refractivity contribution in [3.05, 3.63) is 63.3 Å². The Labute approximate surface area is 183 Å². The fourth-order valence-corrected chi connectivity index (χ4v) is 4.82. The lowest BCUT2D eigenvalue weighted by molar-refractivity contribution is 0.0764. The number of carbonyl (C=O) groups excluding carboxylic acids is 1. The first-order chi connectivity index (χ1) is 14.1. The van der Waals surface area contributed by atoms with E-state index in [0.717, 1.165) is 10.6 Å². The predicted octanol–water partition coefficient (Wildman–Crippen LogP) is 3.80. The molecule has 0 atom stereocenters. The second-order valence-corrected chi connectivity index (χ2v) is 10.0. The molecule has 1 aromatic heterocycles. The topological polar surface area (TPSA) is 90.8 Å². The summed E-state index contributed by atoms with van der Waals surface area (Å²) in [6.07, 6.45) is 2.56. The number of aromatic hydroxyl groups is 1. The zero-order valence-electron chi connectivity index (χ0n) is 16.1. The van der Waals surface area contributed by atoms with E-state index < -0.39 is 15.9 Å². The highest BCUT2D eigenvalue weighted by molar-refractivity contribution is 7.92. The lowest BCUT2D eigenvalue weighted by Crippen LogP contribution is -2.26. The Kier molecular flexibility index (Phi) is 5.04. The first-order valence-corrected chi connectivity index (χ1v) is 11.5. The number of pyridine rings is 1. The number of sulfonamides is 1. The average molecular weight is 466 g/mol. The summed E-state index contributed by atoms with van der Waals surface area (Å²) in [4.78, 5) is 18.8. The van der Waals surface area contributed by atoms with Crippen molar-refractivity contribution < 1.29 is 18.3 Å². The summed E-state index contributed by atoms with van der Waals surface area (Å²) in [5.74, 6) is -0.683. The molecule has 30 heavy (non-hydrogen) atoms. The van der Waals surface area contributed by atoms with E-state index in [-0.39, 0.29) is 29.9 Å². The molecule has 0 saturated carbocycles. The van der Waals surface area contributed by atoms with E-state index in [1.165, 1.54) is 18.1 Å². The number of rotatable bonds is 4. The van der Waals surface area contributed by atoms with E-state index in [1.54, 1.807) is 30.3 Å². The molecule has 0 fully saturated rings. The van der Waals surface area contributed by atoms with Gasteiger partial charge < -0.3 is 10.0 Å². The van der Waals surface area contributed by atoms with Gasteiger partial charge in [0.15, 0.2) is 5.75 Å². The number of phenolic OH excluding ortho intramolecular Hbond substituents is 1. The lowest BCUT2D eigenvalue weighted by Gasteiger charge is -2.22. The smallest absolute Gasteiger partial charge is 0.258 e. The van der Waals surface area contributed by atoms with Gasteiger partial charge in [0.05, 0.1) is 17.5 Å². The van der Waals surface area contributed by atoms with Crippen LogP contribution < -0.4 is 4.31 Å². The standard InChI is InChI=1S/C20H17Cl2N3O4S/c1-24(30(2,28)29)18-14-4-3-5-23-17(14)19(26)16-15(18)10-25(20(16)27)9-11-6-12(21)8-13(22)7-11/h3-8,26H,9-10H2,1-2H3. The largest absolute Gasteiger partial charge is 0.505 e. The van der Waals surface area contributed by atoms with Crippen molar-refractivity contribution in [2.45, 2.75) is 13.1 Å². The van der Waals surface area contributed by atoms with Gasteiger partial charge in [0.25, 0.3) is 5.91 Å². The fraction of sp³-hybridized carbons (Fsp3) is 0.200. The van der Waals surface area contributed by atoms with Crippen molar-refractivity contribution in [3.8, 4) is 5.75 Å². The van der Waals surface area contributed by atoms with Gasteiger partial charge in [-0.05, 0) is 35.9 Å². The number of phenols is 1. The number of fused-ring (bicyclic) bond motifs is 2. The van der Waals surface area contributed by atoms with Crippen LogP contribution >= 0.6 is 23.2 Å². The first-order valence-electron chi connectivity index (χ1n) is 8.88. The van der Waals surface area contributed by atoms with Gasteiger partial charge in [-0.25, -0.2) is 8.42 Å². The molecule has 1 amide bonds. The predicted molar refractivity (Wildman–Crippen MR) is 117 cm³/mol. The maximum Gasteiger partial charge on any atom is 0.258 e. The Bertz CT molecular complexity index is 1290. The zero-order chi connectivity index (χ0) is 21.8. The number of aromatic nitrogens is 1. The maximum absolute atomic E-state index is 13.2. The van der Waals surface area contributed by atoms with Gasteiger partial charge in [0.2, 0.25) is 10.0 Å². The second kappa shape index (κ2) is 7.30. The summed E-state index contributed by atoms with van der Waals surface area (Å²) in [5, 5.41) is 12.1. The van der Waals surface area contributed by atoms with Gasteiger partial charge in [0.1, 0.15) is 5.52 Å². The molecule has 0 aliphatic carbocycles. The van der Waals surface area contributed by atoms with E-state index in [0.29, 0.717) is 32.2 Å². The molecule has 3 aromatic rings. The highest BCUT2D eigenvalue weighted by Gasteiger charge is 2.37. The summed E-state index contributed by atoms with van der Waals surface area (Å²) >= 11 is 12.1. The molecular weight excluding hydrogens is 449 g/mol. The summed E-state index contributed by atoms with van der Waals surface area (Å²) in [6.45, 7) is 0.310. The number of halogens is 2. The zero-order valence-corrected chi connectivity index (χ0v) is 18.4. The molecule has 7 nitrogen and oxygen atoms in total. The highest BCUT2D eigenvalue weighted by atomic mass is 35.5. The molecule has 0 unspecified atom stereocenters. The van der Waals surface area contributed by atoms with E-state index in [4.69, 9.17) is 23.2 Å². The molecule has 1 N–H and O–H groups in total. The Morgan fingerprint density at radius 2 is 1.90 bits per heavy atom. The molecular formula is C20H17Cl2N3O4S. The Morgan fingerprint density at radius 1 is 1.23 bits per heavy atom. The van der Waals surface area contributed by atoms with Gasteiger partial charge >= 0.3 is 0 Å². The Balaban J connectivity index is 1.88. The third kappa shape index (κ3) is 3.45. The number of hydrogen-bond acceptors (Lipinski definition) is 5. The summed E-state index contributed by atoms with van der Waals surface area (Å²) < 4.78 is 25.7. The lowest BCUT2D eigenvalue weighted by atomic mass is 10.0. The maximum atomic E-state index is 13.2. The first kappa shape index (κ1) is 20.7. The van der Waals surface area contributed by atoms with Crippen molar-refractivity contribution >= 4 is 55.7 Å². The van der Waals surface area contributed by atoms with Crippen LogP contribution in [0.4, 0.5) is 5.69 Å². The number of anilines is 1. The van der Waals surface area contributed by atoms with Crippen LogP contribution in [0.15, 0.2) is 36.5 Å². The van der Waals surface area contributed by atoms with Crippen LogP contribution in [0, 0.1) is 0 Å². The number of benzene rings is 2. The molecule has 10 heteroatoms. The number of carbonyl (C=O) groups is 1. The van der Waals surface area contributed by atoms with Crippen molar-refractivity contribution in [2.75, 3.05) is 17.6 Å². The van der Waals surface area contributed by atoms with Crippen molar-refractivity contribution in [3.63, 3.8) is 0 Å². The normalized spacial score (nSPS) is 13.7. The van der Waals surface area contributed by atoms with Gasteiger partial charge in [0, 0.05) is 47.3 Å². The van der Waals surface area contributed by atoms with Crippen LogP contribution in [0.25, 0.3) is 10.9 Å². The molecule has 2 heterocycles. The van der Waals surface area contributed by atoms with Crippen LogP contribution in [-0.2, 0) is 23.1 Å². The van der Waals surface area contributed by atoms with E-state index in [1.807, 2.05) is 0 Å². The highest BCUT2D eigenvalue weighted by Crippen LogP contribution is 2.44. The van der Waals surface area contributed by atoms with E-state index >= 15 is 0 Å². The number of nitrogens with zero attached hydrogens (tertiary/aromatic N) is 3. The minimum absolute atomic E-state index is 0.0554. The second-order valence-electron chi connectivity index (χ2n) is 7.12. The number of amides is 1. The van der Waals surface area contributed by atoms with E-state index in [9.17, 15) is 18.3 Å². The number of hydrogen-bond donors (Lipinski definition) is 1. The molecule has 0 saturated heterocycles. The molecule has 4 rings (SSSR count). The van der Waals surface area contributed by atoms with Gasteiger partial charge in [-0.3, -0.25) is 14.1 Å². The molecule has 156 valence electrons. The molecule has 0 radical (unpaired) electrons. The Hall–Kier alpha value is -2.55. The minimum Gasteiger partial charge on any atom is -0.505 e. The molecule has 1 aliphatic heterocycles. The van der Waals surface area contributed by atoms with E-state index in [2.05, 4.69) is 4.98 Å². The fourth-order valence-electron chi connectivity index (χ4n) is 3.71. The summed E-state index contributed by atoms with van der Waals surface area (Å²) in [6, 6.07) is 8.31. The van der Waals surface area contributed by atoms with Crippen LogP contribution in [0.2, 0.25) is 10.0 Å². The summed E-state index contributed by atoms with van der Waals surface area (Å²) in [5.41, 5.74) is 1.70. The van der Waals surface area contributed by atoms with Gasteiger partial charge in [-0.2, -0.15) is 0 Å². The van der Waals surface area contributed by atoms with Crippen LogP contribution in [0.5, 0.6) is 5.75 Å². The van der Waals surface area contributed by atoms with Gasteiger partial charge in [-0.15, -0.1) is 0 Å². The SMILES string of the molecule is CN(c1c2c(c(O)c3ncccc13)C(=O)N(Cc1cc(Cl)cc(Cl)c1)C2)S(C)(=O)=O. The van der Waals surface area contributed by atoms with Crippen LogP contribution in [-0.4, -0.2) is 42.6 Å². The molecule has 1 aliphatic rings. The van der Waals surface area contributed by atoms with Crippen molar-refractivity contribution in [1.29, 1.82) is 0 Å². The monoisotopic (exact) mass is 465 g/mol. The van der Waals surface area contributed by atoms with Crippen LogP contribution in [0.3, 0.4) is 0 Å². The summed E-state index contributed by atoms with van der Waals surface area (Å²) in [7, 11) is -2.21. The molecule has 2 aromatic carbocycles. The third-order valence-corrected chi connectivity index (χ3v) is 6.68. The Morgan fingerprint density at radius 3 is 2.53 bits per heavy atom. The quantitative estimate of drug-likeness (QED) is 0.632. The minimum atomic E-state index is -3.63. The molecule has 0 spiro atoms. The van der Waals surface area contributed by atoms with Crippen molar-refractivity contribution in [2.24, 2.45) is 0 Å². The van der Waals surface area contributed by atoms with Gasteiger partial charge in [-0.1, -0.05) is 23.2 Å². The third-order valence-electron chi connectivity index (χ3n) is 5.07. The van der Waals surface area contributed by atoms with Crippen LogP contribution in [0.1, 0.15) is 21.5 Å². The molecule has 0 bridgehead atoms. The van der Waals surface area contributed by atoms with Crippen molar-refractivity contribution in [1.82, 2.24) is 9.88 Å². The average Bonchev–Trinajstić information content (AvgIpc) is 2.96.